The first-order chi connectivity index (χ1) is 13.1. The van der Waals surface area contributed by atoms with Crippen molar-refractivity contribution in [1.82, 2.24) is 16.3 Å². The molecule has 6 heteroatoms. The van der Waals surface area contributed by atoms with E-state index < -0.39 is 0 Å². The predicted molar refractivity (Wildman–Crippen MR) is 107 cm³/mol. The molecule has 1 amide bonds. The van der Waals surface area contributed by atoms with Crippen molar-refractivity contribution in [3.05, 3.63) is 65.2 Å². The normalized spacial score (nSPS) is 19.6. The number of hydrogen-bond acceptors (Lipinski definition) is 5. The molecule has 1 aliphatic heterocycles. The molecule has 2 aromatic carbocycles. The minimum Gasteiger partial charge on any atom is -0.497 e. The molecule has 1 aliphatic rings. The highest BCUT2D eigenvalue weighted by Gasteiger charge is 2.29. The van der Waals surface area contributed by atoms with Crippen LogP contribution in [-0.2, 0) is 4.79 Å². The zero-order valence-electron chi connectivity index (χ0n) is 15.9. The Balaban J connectivity index is 1.51. The molecular formula is C21H26N4O2. The summed E-state index contributed by atoms with van der Waals surface area (Å²) in [5.74, 6) is 1.15. The minimum absolute atomic E-state index is 0.0687. The predicted octanol–water partition coefficient (Wildman–Crippen LogP) is 2.88. The van der Waals surface area contributed by atoms with E-state index in [1.165, 1.54) is 5.56 Å². The van der Waals surface area contributed by atoms with Gasteiger partial charge < -0.3 is 4.74 Å². The van der Waals surface area contributed by atoms with Crippen LogP contribution in [0.5, 0.6) is 5.75 Å². The second-order valence-electron chi connectivity index (χ2n) is 6.96. The van der Waals surface area contributed by atoms with Gasteiger partial charge in [-0.15, -0.1) is 0 Å². The second-order valence-corrected chi connectivity index (χ2v) is 6.96. The van der Waals surface area contributed by atoms with E-state index in [2.05, 4.69) is 47.4 Å². The maximum Gasteiger partial charge on any atom is 0.258 e. The Kier molecular flexibility index (Phi) is 6.21. The number of hydrogen-bond donors (Lipinski definition) is 3. The third-order valence-corrected chi connectivity index (χ3v) is 4.73. The number of carbonyl (C=O) groups is 1. The van der Waals surface area contributed by atoms with Gasteiger partial charge in [0.1, 0.15) is 11.8 Å². The number of hydrazine groups is 1. The molecule has 3 rings (SSSR count). The standard InChI is InChI=1S/C21H26N4O2/c1-14(2)16-6-4-15(5-7-16)13-22-25-21(26)20-12-19(23-24-20)17-8-10-18(27-3)11-9-17/h4-11,13-14,19-20,23-24H,12H2,1-3H3,(H,25,26)/b22-13-. The molecule has 1 fully saturated rings. The third kappa shape index (κ3) is 4.93. The van der Waals surface area contributed by atoms with E-state index in [4.69, 9.17) is 4.74 Å². The first-order valence-electron chi connectivity index (χ1n) is 9.14. The van der Waals surface area contributed by atoms with Crippen LogP contribution in [0.4, 0.5) is 0 Å². The number of ether oxygens (including phenoxy) is 1. The van der Waals surface area contributed by atoms with Crippen LogP contribution in [0.15, 0.2) is 53.6 Å². The first kappa shape index (κ1) is 19.1. The topological polar surface area (TPSA) is 74.8 Å². The molecular weight excluding hydrogens is 340 g/mol. The number of methoxy groups -OCH3 is 1. The molecule has 1 heterocycles. The van der Waals surface area contributed by atoms with Crippen molar-refractivity contribution >= 4 is 12.1 Å². The number of hydrazone groups is 1. The van der Waals surface area contributed by atoms with E-state index >= 15 is 0 Å². The molecule has 2 unspecified atom stereocenters. The molecule has 0 bridgehead atoms. The van der Waals surface area contributed by atoms with Crippen molar-refractivity contribution in [2.75, 3.05) is 7.11 Å². The lowest BCUT2D eigenvalue weighted by molar-refractivity contribution is -0.122. The maximum absolute atomic E-state index is 12.3. The summed E-state index contributed by atoms with van der Waals surface area (Å²) in [6.07, 6.45) is 2.31. The highest BCUT2D eigenvalue weighted by atomic mass is 16.5. The van der Waals surface area contributed by atoms with Gasteiger partial charge in [0, 0.05) is 6.04 Å². The number of nitrogens with zero attached hydrogens (tertiary/aromatic N) is 1. The van der Waals surface area contributed by atoms with Crippen LogP contribution in [-0.4, -0.2) is 25.3 Å². The first-order valence-corrected chi connectivity index (χ1v) is 9.14. The summed E-state index contributed by atoms with van der Waals surface area (Å²) in [6.45, 7) is 4.32. The number of carbonyl (C=O) groups excluding carboxylic acids is 1. The van der Waals surface area contributed by atoms with Gasteiger partial charge >= 0.3 is 0 Å². The van der Waals surface area contributed by atoms with Crippen LogP contribution in [0, 0.1) is 0 Å². The molecule has 27 heavy (non-hydrogen) atoms. The SMILES string of the molecule is COc1ccc(C2CC(C(=O)N/N=C\c3ccc(C(C)C)cc3)NN2)cc1. The lowest BCUT2D eigenvalue weighted by Crippen LogP contribution is -2.41. The van der Waals surface area contributed by atoms with Gasteiger partial charge in [0.05, 0.1) is 13.3 Å². The maximum atomic E-state index is 12.3. The lowest BCUT2D eigenvalue weighted by atomic mass is 10.0. The fourth-order valence-electron chi connectivity index (χ4n) is 3.00. The number of benzene rings is 2. The van der Waals surface area contributed by atoms with Crippen LogP contribution in [0.25, 0.3) is 0 Å². The molecule has 0 saturated carbocycles. The van der Waals surface area contributed by atoms with E-state index in [1.54, 1.807) is 13.3 Å². The highest BCUT2D eigenvalue weighted by Crippen LogP contribution is 2.24. The van der Waals surface area contributed by atoms with Gasteiger partial charge in [-0.1, -0.05) is 50.2 Å². The van der Waals surface area contributed by atoms with E-state index in [0.29, 0.717) is 12.3 Å². The summed E-state index contributed by atoms with van der Waals surface area (Å²) >= 11 is 0. The van der Waals surface area contributed by atoms with Crippen LogP contribution in [0.1, 0.15) is 48.9 Å². The summed E-state index contributed by atoms with van der Waals surface area (Å²) in [5.41, 5.74) is 12.1. The van der Waals surface area contributed by atoms with Gasteiger partial charge in [-0.25, -0.2) is 16.3 Å². The molecule has 3 N–H and O–H groups in total. The number of nitrogens with one attached hydrogen (secondary N) is 3. The second kappa shape index (κ2) is 8.79. The minimum atomic E-state index is -0.336. The van der Waals surface area contributed by atoms with E-state index in [9.17, 15) is 4.79 Å². The van der Waals surface area contributed by atoms with Crippen molar-refractivity contribution in [3.8, 4) is 5.75 Å². The van der Waals surface area contributed by atoms with Crippen molar-refractivity contribution in [3.63, 3.8) is 0 Å². The van der Waals surface area contributed by atoms with Gasteiger partial charge in [-0.2, -0.15) is 5.10 Å². The lowest BCUT2D eigenvalue weighted by Gasteiger charge is -2.10. The third-order valence-electron chi connectivity index (χ3n) is 4.73. The van der Waals surface area contributed by atoms with Gasteiger partial charge in [-0.05, 0) is 41.2 Å². The Hall–Kier alpha value is -2.70. The molecule has 1 saturated heterocycles. The quantitative estimate of drug-likeness (QED) is 0.543. The molecule has 0 aromatic heterocycles. The molecule has 0 radical (unpaired) electrons. The fourth-order valence-corrected chi connectivity index (χ4v) is 3.00. The summed E-state index contributed by atoms with van der Waals surface area (Å²) in [6, 6.07) is 15.7. The molecule has 0 spiro atoms. The van der Waals surface area contributed by atoms with Crippen LogP contribution in [0.2, 0.25) is 0 Å². The van der Waals surface area contributed by atoms with Crippen molar-refractivity contribution in [2.24, 2.45) is 5.10 Å². The van der Waals surface area contributed by atoms with Crippen LogP contribution in [0.3, 0.4) is 0 Å². The molecule has 2 atom stereocenters. The monoisotopic (exact) mass is 366 g/mol. The summed E-state index contributed by atoms with van der Waals surface area (Å²) in [4.78, 5) is 12.3. The Morgan fingerprint density at radius 2 is 1.85 bits per heavy atom. The number of amides is 1. The van der Waals surface area contributed by atoms with E-state index in [0.717, 1.165) is 16.9 Å². The Bertz CT molecular complexity index is 785. The fraction of sp³-hybridized carbons (Fsp3) is 0.333. The van der Waals surface area contributed by atoms with Crippen LogP contribution < -0.4 is 21.0 Å². The summed E-state index contributed by atoms with van der Waals surface area (Å²) in [7, 11) is 1.64. The average molecular weight is 366 g/mol. The Labute approximate surface area is 160 Å². The average Bonchev–Trinajstić information content (AvgIpc) is 3.19. The molecule has 2 aromatic rings. The number of rotatable bonds is 6. The largest absolute Gasteiger partial charge is 0.497 e. The molecule has 0 aliphatic carbocycles. The van der Waals surface area contributed by atoms with Crippen molar-refractivity contribution < 1.29 is 9.53 Å². The Morgan fingerprint density at radius 3 is 2.48 bits per heavy atom. The molecule has 6 nitrogen and oxygen atoms in total. The smallest absolute Gasteiger partial charge is 0.258 e. The zero-order chi connectivity index (χ0) is 19.2. The van der Waals surface area contributed by atoms with Gasteiger partial charge in [-0.3, -0.25) is 4.79 Å². The van der Waals surface area contributed by atoms with Gasteiger partial charge in [0.25, 0.3) is 5.91 Å². The van der Waals surface area contributed by atoms with Crippen LogP contribution >= 0.6 is 0 Å². The van der Waals surface area contributed by atoms with E-state index in [-0.39, 0.29) is 18.0 Å². The van der Waals surface area contributed by atoms with Crippen molar-refractivity contribution in [1.29, 1.82) is 0 Å². The van der Waals surface area contributed by atoms with Gasteiger partial charge in [0.15, 0.2) is 0 Å². The van der Waals surface area contributed by atoms with Crippen molar-refractivity contribution in [2.45, 2.75) is 38.3 Å². The summed E-state index contributed by atoms with van der Waals surface area (Å²) in [5, 5.41) is 4.07. The Morgan fingerprint density at radius 1 is 1.15 bits per heavy atom. The van der Waals surface area contributed by atoms with E-state index in [1.807, 2.05) is 36.4 Å². The highest BCUT2D eigenvalue weighted by molar-refractivity contribution is 5.85. The summed E-state index contributed by atoms with van der Waals surface area (Å²) < 4.78 is 5.17. The zero-order valence-corrected chi connectivity index (χ0v) is 15.9. The van der Waals surface area contributed by atoms with Gasteiger partial charge in [0.2, 0.25) is 0 Å². The molecule has 142 valence electrons.